The quantitative estimate of drug-likeness (QED) is 0.925. The Hall–Kier alpha value is -1.77. The van der Waals surface area contributed by atoms with Crippen molar-refractivity contribution < 1.29 is 4.74 Å². The fourth-order valence-electron chi connectivity index (χ4n) is 2.84. The average molecular weight is 307 g/mol. The van der Waals surface area contributed by atoms with E-state index >= 15 is 0 Å². The second kappa shape index (κ2) is 6.33. The van der Waals surface area contributed by atoms with Crippen molar-refractivity contribution in [3.63, 3.8) is 0 Å². The number of benzene rings is 1. The minimum absolute atomic E-state index is 0. The molecule has 0 bridgehead atoms. The summed E-state index contributed by atoms with van der Waals surface area (Å²) in [7, 11) is 1.84. The molecule has 1 fully saturated rings. The first-order chi connectivity index (χ1) is 9.69. The Morgan fingerprint density at radius 2 is 2.05 bits per heavy atom. The third kappa shape index (κ3) is 2.97. The number of halogens is 1. The first-order valence-electron chi connectivity index (χ1n) is 6.96. The highest BCUT2D eigenvalue weighted by atomic mass is 35.5. The van der Waals surface area contributed by atoms with Crippen molar-refractivity contribution in [1.29, 1.82) is 5.26 Å². The molecule has 1 heterocycles. The minimum atomic E-state index is 0. The Morgan fingerprint density at radius 1 is 1.33 bits per heavy atom. The summed E-state index contributed by atoms with van der Waals surface area (Å²) < 4.78 is 7.83. The molecule has 21 heavy (non-hydrogen) atoms. The van der Waals surface area contributed by atoms with Crippen molar-refractivity contribution in [2.45, 2.75) is 37.8 Å². The first kappa shape index (κ1) is 15.6. The van der Waals surface area contributed by atoms with E-state index in [4.69, 9.17) is 10.5 Å². The lowest BCUT2D eigenvalue weighted by atomic mass is 9.93. The van der Waals surface area contributed by atoms with Crippen molar-refractivity contribution in [2.24, 2.45) is 12.8 Å². The predicted octanol–water partition coefficient (Wildman–Crippen LogP) is 2.52. The summed E-state index contributed by atoms with van der Waals surface area (Å²) in [5, 5.41) is 14.3. The van der Waals surface area contributed by atoms with Crippen LogP contribution in [0.2, 0.25) is 0 Å². The molecular weight excluding hydrogens is 288 g/mol. The molecule has 5 nitrogen and oxygen atoms in total. The van der Waals surface area contributed by atoms with Crippen LogP contribution in [0.3, 0.4) is 0 Å². The van der Waals surface area contributed by atoms with Gasteiger partial charge < -0.3 is 10.5 Å². The molecule has 2 N–H and O–H groups in total. The van der Waals surface area contributed by atoms with Crippen molar-refractivity contribution in [2.75, 3.05) is 0 Å². The molecule has 1 aromatic carbocycles. The Kier molecular flexibility index (Phi) is 4.71. The van der Waals surface area contributed by atoms with Gasteiger partial charge in [-0.2, -0.15) is 10.4 Å². The monoisotopic (exact) mass is 306 g/mol. The summed E-state index contributed by atoms with van der Waals surface area (Å²) in [5.74, 6) is 0.813. The van der Waals surface area contributed by atoms with Gasteiger partial charge in [-0.15, -0.1) is 12.4 Å². The van der Waals surface area contributed by atoms with Gasteiger partial charge in [0.05, 0.1) is 28.8 Å². The van der Waals surface area contributed by atoms with Crippen molar-refractivity contribution >= 4 is 23.3 Å². The molecule has 0 atom stereocenters. The van der Waals surface area contributed by atoms with Crippen LogP contribution in [-0.4, -0.2) is 21.9 Å². The lowest BCUT2D eigenvalue weighted by Gasteiger charge is -2.27. The topological polar surface area (TPSA) is 76.9 Å². The third-order valence-corrected chi connectivity index (χ3v) is 3.99. The van der Waals surface area contributed by atoms with Gasteiger partial charge in [-0.25, -0.2) is 0 Å². The lowest BCUT2D eigenvalue weighted by molar-refractivity contribution is 0.149. The van der Waals surface area contributed by atoms with Crippen LogP contribution >= 0.6 is 12.4 Å². The number of aromatic nitrogens is 2. The summed E-state index contributed by atoms with van der Waals surface area (Å²) >= 11 is 0. The maximum absolute atomic E-state index is 9.17. The maximum Gasteiger partial charge on any atom is 0.130 e. The second-order valence-electron chi connectivity index (χ2n) is 5.41. The van der Waals surface area contributed by atoms with Gasteiger partial charge in [0.25, 0.3) is 0 Å². The van der Waals surface area contributed by atoms with E-state index in [0.717, 1.165) is 42.3 Å². The summed E-state index contributed by atoms with van der Waals surface area (Å²) in [5.41, 5.74) is 7.37. The van der Waals surface area contributed by atoms with Crippen molar-refractivity contribution in [1.82, 2.24) is 9.78 Å². The highest BCUT2D eigenvalue weighted by molar-refractivity contribution is 5.89. The molecule has 0 spiro atoms. The zero-order valence-corrected chi connectivity index (χ0v) is 12.8. The zero-order valence-electron chi connectivity index (χ0n) is 12.0. The fraction of sp³-hybridized carbons (Fsp3) is 0.467. The minimum Gasteiger partial charge on any atom is -0.490 e. The molecule has 1 saturated carbocycles. The van der Waals surface area contributed by atoms with Gasteiger partial charge in [-0.05, 0) is 37.8 Å². The van der Waals surface area contributed by atoms with Gasteiger partial charge in [0.2, 0.25) is 0 Å². The number of fused-ring (bicyclic) bond motifs is 1. The van der Waals surface area contributed by atoms with E-state index in [1.165, 1.54) is 0 Å². The molecule has 1 aliphatic carbocycles. The Bertz CT molecular complexity index is 668. The van der Waals surface area contributed by atoms with Crippen LogP contribution in [-0.2, 0) is 7.05 Å². The van der Waals surface area contributed by atoms with Crippen molar-refractivity contribution in [3.8, 4) is 11.8 Å². The molecule has 2 aromatic rings. The van der Waals surface area contributed by atoms with E-state index in [1.54, 1.807) is 16.9 Å². The summed E-state index contributed by atoms with van der Waals surface area (Å²) in [6.07, 6.45) is 5.98. The Morgan fingerprint density at radius 3 is 2.71 bits per heavy atom. The van der Waals surface area contributed by atoms with Crippen LogP contribution in [0.5, 0.6) is 5.75 Å². The van der Waals surface area contributed by atoms with Gasteiger partial charge in [-0.3, -0.25) is 4.68 Å². The number of nitrogens with zero attached hydrogens (tertiary/aromatic N) is 3. The molecule has 6 heteroatoms. The van der Waals surface area contributed by atoms with Gasteiger partial charge in [0.1, 0.15) is 11.8 Å². The molecule has 0 saturated heterocycles. The lowest BCUT2D eigenvalue weighted by Crippen LogP contribution is -2.31. The molecule has 3 rings (SSSR count). The summed E-state index contributed by atoms with van der Waals surface area (Å²) in [4.78, 5) is 0. The van der Waals surface area contributed by atoms with Gasteiger partial charge in [0, 0.05) is 13.1 Å². The molecule has 0 radical (unpaired) electrons. The Labute approximate surface area is 130 Å². The van der Waals surface area contributed by atoms with E-state index in [1.807, 2.05) is 13.1 Å². The molecule has 1 aliphatic rings. The molecule has 0 amide bonds. The highest BCUT2D eigenvalue weighted by Gasteiger charge is 2.21. The number of hydrogen-bond donors (Lipinski definition) is 1. The SMILES string of the molecule is Cl.Cn1ncc2c(OC3CCC(N)CC3)ccc(C#N)c21. The number of ether oxygens (including phenoxy) is 1. The zero-order chi connectivity index (χ0) is 14.1. The molecule has 0 unspecified atom stereocenters. The van der Waals surface area contributed by atoms with Crippen LogP contribution in [0.1, 0.15) is 31.2 Å². The molecule has 0 aliphatic heterocycles. The van der Waals surface area contributed by atoms with E-state index in [2.05, 4.69) is 11.2 Å². The molecule has 112 valence electrons. The number of nitriles is 1. The first-order valence-corrected chi connectivity index (χ1v) is 6.96. The molecule has 1 aromatic heterocycles. The number of hydrogen-bond acceptors (Lipinski definition) is 4. The highest BCUT2D eigenvalue weighted by Crippen LogP contribution is 2.31. The number of aryl methyl sites for hydroxylation is 1. The fourth-order valence-corrected chi connectivity index (χ4v) is 2.84. The van der Waals surface area contributed by atoms with Gasteiger partial charge in [-0.1, -0.05) is 0 Å². The number of rotatable bonds is 2. The van der Waals surface area contributed by atoms with Gasteiger partial charge in [0.15, 0.2) is 0 Å². The standard InChI is InChI=1S/C15H18N4O.ClH/c1-19-15-10(8-16)2-7-14(13(15)9-18-19)20-12-5-3-11(17)4-6-12;/h2,7,9,11-12H,3-6,17H2,1H3;1H. The van der Waals surface area contributed by atoms with Crippen LogP contribution < -0.4 is 10.5 Å². The molecular formula is C15H19ClN4O. The van der Waals surface area contributed by atoms with E-state index < -0.39 is 0 Å². The smallest absolute Gasteiger partial charge is 0.130 e. The van der Waals surface area contributed by atoms with Crippen LogP contribution in [0, 0.1) is 11.3 Å². The largest absolute Gasteiger partial charge is 0.490 e. The van der Waals surface area contributed by atoms with E-state index in [9.17, 15) is 5.26 Å². The normalized spacial score (nSPS) is 21.6. The second-order valence-corrected chi connectivity index (χ2v) is 5.41. The predicted molar refractivity (Wildman–Crippen MR) is 83.5 cm³/mol. The van der Waals surface area contributed by atoms with Gasteiger partial charge >= 0.3 is 0 Å². The average Bonchev–Trinajstić information content (AvgIpc) is 2.85. The van der Waals surface area contributed by atoms with Crippen LogP contribution in [0.25, 0.3) is 10.9 Å². The summed E-state index contributed by atoms with van der Waals surface area (Å²) in [6.45, 7) is 0. The van der Waals surface area contributed by atoms with E-state index in [-0.39, 0.29) is 18.5 Å². The number of nitrogens with two attached hydrogens (primary N) is 1. The third-order valence-electron chi connectivity index (χ3n) is 3.99. The summed E-state index contributed by atoms with van der Waals surface area (Å²) in [6, 6.07) is 6.19. The van der Waals surface area contributed by atoms with Crippen LogP contribution in [0.4, 0.5) is 0 Å². The van der Waals surface area contributed by atoms with E-state index in [0.29, 0.717) is 11.6 Å². The Balaban J connectivity index is 0.00000161. The maximum atomic E-state index is 9.17. The van der Waals surface area contributed by atoms with Crippen molar-refractivity contribution in [3.05, 3.63) is 23.9 Å². The van der Waals surface area contributed by atoms with Crippen LogP contribution in [0.15, 0.2) is 18.3 Å².